The molecule has 2 atom stereocenters. The molecule has 0 bridgehead atoms. The molecular formula is C13H17N3O3. The van der Waals surface area contributed by atoms with Gasteiger partial charge in [0.2, 0.25) is 5.91 Å². The van der Waals surface area contributed by atoms with Gasteiger partial charge in [0, 0.05) is 19.3 Å². The van der Waals surface area contributed by atoms with Gasteiger partial charge in [-0.1, -0.05) is 12.1 Å². The number of nitrogens with two attached hydrogens (primary N) is 1. The predicted octanol–water partition coefficient (Wildman–Crippen LogP) is -0.0839. The summed E-state index contributed by atoms with van der Waals surface area (Å²) in [4.78, 5) is 12.7. The summed E-state index contributed by atoms with van der Waals surface area (Å²) in [5.41, 5.74) is 6.20. The molecule has 19 heavy (non-hydrogen) atoms. The molecule has 0 aromatic heterocycles. The summed E-state index contributed by atoms with van der Waals surface area (Å²) < 4.78 is 0. The van der Waals surface area contributed by atoms with Gasteiger partial charge >= 0.3 is 0 Å². The highest BCUT2D eigenvalue weighted by Crippen LogP contribution is 2.21. The Labute approximate surface area is 111 Å². The zero-order chi connectivity index (χ0) is 14.4. The molecule has 0 radical (unpaired) electrons. The van der Waals surface area contributed by atoms with Crippen LogP contribution in [0, 0.1) is 11.3 Å². The molecule has 0 fully saturated rings. The van der Waals surface area contributed by atoms with Crippen molar-refractivity contribution in [2.75, 3.05) is 18.5 Å². The van der Waals surface area contributed by atoms with E-state index in [1.54, 1.807) is 24.3 Å². The highest BCUT2D eigenvalue weighted by Gasteiger charge is 2.23. The SMILES string of the molecule is CN(CCC#N)c1ccc(C(O)C(O)C(N)=O)cc1. The van der Waals surface area contributed by atoms with Crippen LogP contribution in [0.2, 0.25) is 0 Å². The first-order valence-corrected chi connectivity index (χ1v) is 5.81. The van der Waals surface area contributed by atoms with Crippen molar-refractivity contribution in [1.82, 2.24) is 0 Å². The number of nitrogens with zero attached hydrogens (tertiary/aromatic N) is 2. The fraction of sp³-hybridized carbons (Fsp3) is 0.385. The molecule has 0 heterocycles. The molecule has 1 aromatic carbocycles. The van der Waals surface area contributed by atoms with Crippen LogP contribution in [0.25, 0.3) is 0 Å². The molecule has 0 saturated heterocycles. The maximum Gasteiger partial charge on any atom is 0.249 e. The van der Waals surface area contributed by atoms with Crippen LogP contribution in [-0.4, -0.2) is 35.8 Å². The lowest BCUT2D eigenvalue weighted by atomic mass is 10.0. The number of amides is 1. The summed E-state index contributed by atoms with van der Waals surface area (Å²) in [6, 6.07) is 8.75. The van der Waals surface area contributed by atoms with Crippen molar-refractivity contribution < 1.29 is 15.0 Å². The van der Waals surface area contributed by atoms with Gasteiger partial charge in [0.15, 0.2) is 6.10 Å². The van der Waals surface area contributed by atoms with Gasteiger partial charge in [0.1, 0.15) is 6.10 Å². The summed E-state index contributed by atoms with van der Waals surface area (Å²) >= 11 is 0. The minimum atomic E-state index is -1.62. The van der Waals surface area contributed by atoms with Gasteiger partial charge in [0.05, 0.1) is 12.5 Å². The average molecular weight is 263 g/mol. The van der Waals surface area contributed by atoms with Crippen LogP contribution in [0.4, 0.5) is 5.69 Å². The van der Waals surface area contributed by atoms with Gasteiger partial charge in [-0.15, -0.1) is 0 Å². The van der Waals surface area contributed by atoms with E-state index in [0.29, 0.717) is 18.5 Å². The van der Waals surface area contributed by atoms with Crippen molar-refractivity contribution in [3.8, 4) is 6.07 Å². The summed E-state index contributed by atoms with van der Waals surface area (Å²) in [5, 5.41) is 27.6. The molecule has 1 rings (SSSR count). The lowest BCUT2D eigenvalue weighted by molar-refractivity contribution is -0.131. The number of carbonyl (C=O) groups is 1. The van der Waals surface area contributed by atoms with E-state index in [0.717, 1.165) is 5.69 Å². The third-order valence-electron chi connectivity index (χ3n) is 2.82. The number of anilines is 1. The Kier molecular flexibility index (Phi) is 5.30. The molecule has 0 saturated carbocycles. The molecule has 1 amide bonds. The van der Waals surface area contributed by atoms with E-state index in [-0.39, 0.29) is 0 Å². The number of carbonyl (C=O) groups excluding carboxylic acids is 1. The topological polar surface area (TPSA) is 111 Å². The summed E-state index contributed by atoms with van der Waals surface area (Å²) in [5.74, 6) is -0.970. The van der Waals surface area contributed by atoms with Crippen LogP contribution in [-0.2, 0) is 4.79 Å². The molecule has 1 aromatic rings. The first kappa shape index (κ1) is 15.0. The van der Waals surface area contributed by atoms with Crippen molar-refractivity contribution in [3.63, 3.8) is 0 Å². The third-order valence-corrected chi connectivity index (χ3v) is 2.82. The Bertz CT molecular complexity index is 467. The van der Waals surface area contributed by atoms with E-state index < -0.39 is 18.1 Å². The molecule has 0 aliphatic heterocycles. The average Bonchev–Trinajstić information content (AvgIpc) is 2.43. The van der Waals surface area contributed by atoms with E-state index in [9.17, 15) is 15.0 Å². The molecule has 102 valence electrons. The van der Waals surface area contributed by atoms with Crippen molar-refractivity contribution in [1.29, 1.82) is 5.26 Å². The molecule has 0 aliphatic rings. The molecule has 6 nitrogen and oxygen atoms in total. The van der Waals surface area contributed by atoms with E-state index in [1.807, 2.05) is 11.9 Å². The largest absolute Gasteiger partial charge is 0.385 e. The van der Waals surface area contributed by atoms with Crippen molar-refractivity contribution >= 4 is 11.6 Å². The van der Waals surface area contributed by atoms with Gasteiger partial charge in [-0.05, 0) is 17.7 Å². The minimum Gasteiger partial charge on any atom is -0.385 e. The van der Waals surface area contributed by atoms with Gasteiger partial charge in [-0.25, -0.2) is 0 Å². The number of benzene rings is 1. The Morgan fingerprint density at radius 1 is 1.42 bits per heavy atom. The second kappa shape index (κ2) is 6.73. The van der Waals surface area contributed by atoms with Gasteiger partial charge in [-0.3, -0.25) is 4.79 Å². The van der Waals surface area contributed by atoms with Gasteiger partial charge in [-0.2, -0.15) is 5.26 Å². The molecular weight excluding hydrogens is 246 g/mol. The number of aliphatic hydroxyl groups is 2. The van der Waals surface area contributed by atoms with E-state index in [4.69, 9.17) is 11.0 Å². The second-order valence-electron chi connectivity index (χ2n) is 4.21. The molecule has 4 N–H and O–H groups in total. The van der Waals surface area contributed by atoms with Crippen LogP contribution >= 0.6 is 0 Å². The normalized spacial score (nSPS) is 13.4. The van der Waals surface area contributed by atoms with Gasteiger partial charge in [0.25, 0.3) is 0 Å². The zero-order valence-electron chi connectivity index (χ0n) is 10.7. The van der Waals surface area contributed by atoms with Gasteiger partial charge < -0.3 is 20.8 Å². The highest BCUT2D eigenvalue weighted by atomic mass is 16.3. The molecule has 0 aliphatic carbocycles. The fourth-order valence-electron chi connectivity index (χ4n) is 1.61. The zero-order valence-corrected chi connectivity index (χ0v) is 10.7. The fourth-order valence-corrected chi connectivity index (χ4v) is 1.61. The van der Waals surface area contributed by atoms with Crippen LogP contribution in [0.5, 0.6) is 0 Å². The van der Waals surface area contributed by atoms with Crippen LogP contribution < -0.4 is 10.6 Å². The smallest absolute Gasteiger partial charge is 0.249 e. The summed E-state index contributed by atoms with van der Waals surface area (Å²) in [6.45, 7) is 0.600. The maximum atomic E-state index is 10.8. The maximum absolute atomic E-state index is 10.8. The lowest BCUT2D eigenvalue weighted by Crippen LogP contribution is -2.33. The quantitative estimate of drug-likeness (QED) is 0.664. The van der Waals surface area contributed by atoms with Crippen molar-refractivity contribution in [3.05, 3.63) is 29.8 Å². The molecule has 6 heteroatoms. The third kappa shape index (κ3) is 3.95. The monoisotopic (exact) mass is 263 g/mol. The number of primary amides is 1. The highest BCUT2D eigenvalue weighted by molar-refractivity contribution is 5.79. The van der Waals surface area contributed by atoms with Crippen LogP contribution in [0.15, 0.2) is 24.3 Å². The number of aliphatic hydroxyl groups excluding tert-OH is 2. The first-order chi connectivity index (χ1) is 8.97. The summed E-state index contributed by atoms with van der Waals surface area (Å²) in [7, 11) is 1.85. The van der Waals surface area contributed by atoms with E-state index in [2.05, 4.69) is 6.07 Å². The molecule has 0 spiro atoms. The van der Waals surface area contributed by atoms with Crippen molar-refractivity contribution in [2.24, 2.45) is 5.73 Å². The Balaban J connectivity index is 2.76. The van der Waals surface area contributed by atoms with Crippen LogP contribution in [0.3, 0.4) is 0 Å². The number of hydrogen-bond acceptors (Lipinski definition) is 5. The Hall–Kier alpha value is -2.10. The number of hydrogen-bond donors (Lipinski definition) is 3. The summed E-state index contributed by atoms with van der Waals surface area (Å²) in [6.07, 6.45) is -2.54. The van der Waals surface area contributed by atoms with E-state index >= 15 is 0 Å². The number of nitriles is 1. The first-order valence-electron chi connectivity index (χ1n) is 5.81. The standard InChI is InChI=1S/C13H17N3O3/c1-16(8-2-7-14)10-5-3-9(4-6-10)11(17)12(18)13(15)19/h3-6,11-12,17-18H,2,8H2,1H3,(H2,15,19). The minimum absolute atomic E-state index is 0.406. The Morgan fingerprint density at radius 3 is 2.47 bits per heavy atom. The Morgan fingerprint density at radius 2 is 2.00 bits per heavy atom. The number of rotatable bonds is 6. The van der Waals surface area contributed by atoms with Crippen molar-refractivity contribution in [2.45, 2.75) is 18.6 Å². The second-order valence-corrected chi connectivity index (χ2v) is 4.21. The van der Waals surface area contributed by atoms with Crippen LogP contribution in [0.1, 0.15) is 18.1 Å². The lowest BCUT2D eigenvalue weighted by Gasteiger charge is -2.19. The molecule has 2 unspecified atom stereocenters. The van der Waals surface area contributed by atoms with E-state index in [1.165, 1.54) is 0 Å². The predicted molar refractivity (Wildman–Crippen MR) is 70.1 cm³/mol.